The molecule has 1 saturated carbocycles. The second-order valence-corrected chi connectivity index (χ2v) is 6.82. The van der Waals surface area contributed by atoms with E-state index in [1.54, 1.807) is 6.20 Å². The summed E-state index contributed by atoms with van der Waals surface area (Å²) in [6.07, 6.45) is 7.53. The SMILES string of the molecule is C=Cc1cnc(Cl)c2cccc(NC3CCC4(CC3)OCCO4)c12. The second-order valence-electron chi connectivity index (χ2n) is 6.46. The van der Waals surface area contributed by atoms with E-state index >= 15 is 0 Å². The van der Waals surface area contributed by atoms with Gasteiger partial charge in [-0.25, -0.2) is 4.98 Å². The summed E-state index contributed by atoms with van der Waals surface area (Å²) in [5.74, 6) is -0.323. The number of rotatable bonds is 3. The van der Waals surface area contributed by atoms with Gasteiger partial charge in [0, 0.05) is 47.1 Å². The molecule has 2 aromatic rings. The van der Waals surface area contributed by atoms with Gasteiger partial charge in [-0.2, -0.15) is 0 Å². The van der Waals surface area contributed by atoms with Crippen LogP contribution in [0.15, 0.2) is 31.0 Å². The fraction of sp³-hybridized carbons (Fsp3) is 0.421. The molecule has 4 rings (SSSR count). The number of hydrogen-bond donors (Lipinski definition) is 1. The molecule has 0 radical (unpaired) electrons. The van der Waals surface area contributed by atoms with Crippen LogP contribution in [0.2, 0.25) is 5.15 Å². The largest absolute Gasteiger partial charge is 0.382 e. The smallest absolute Gasteiger partial charge is 0.168 e. The number of nitrogens with one attached hydrogen (secondary N) is 1. The summed E-state index contributed by atoms with van der Waals surface area (Å²) >= 11 is 6.28. The third kappa shape index (κ3) is 2.79. The highest BCUT2D eigenvalue weighted by Gasteiger charge is 2.40. The number of hydrogen-bond acceptors (Lipinski definition) is 4. The van der Waals surface area contributed by atoms with Gasteiger partial charge in [0.2, 0.25) is 0 Å². The molecule has 126 valence electrons. The Balaban J connectivity index is 1.59. The summed E-state index contributed by atoms with van der Waals surface area (Å²) in [4.78, 5) is 4.25. The summed E-state index contributed by atoms with van der Waals surface area (Å²) in [6, 6.07) is 6.51. The average molecular weight is 345 g/mol. The van der Waals surface area contributed by atoms with Crippen LogP contribution in [0.5, 0.6) is 0 Å². The third-order valence-electron chi connectivity index (χ3n) is 5.03. The lowest BCUT2D eigenvalue weighted by Gasteiger charge is -2.36. The number of nitrogens with zero attached hydrogens (tertiary/aromatic N) is 1. The van der Waals surface area contributed by atoms with Crippen LogP contribution in [-0.2, 0) is 9.47 Å². The molecule has 0 atom stereocenters. The molecular formula is C19H21ClN2O2. The van der Waals surface area contributed by atoms with Crippen molar-refractivity contribution in [3.63, 3.8) is 0 Å². The van der Waals surface area contributed by atoms with Gasteiger partial charge in [-0.05, 0) is 18.9 Å². The number of benzene rings is 1. The van der Waals surface area contributed by atoms with Crippen LogP contribution in [0.3, 0.4) is 0 Å². The first kappa shape index (κ1) is 15.9. The maximum atomic E-state index is 6.28. The van der Waals surface area contributed by atoms with Crippen LogP contribution in [0.4, 0.5) is 5.69 Å². The maximum Gasteiger partial charge on any atom is 0.168 e. The van der Waals surface area contributed by atoms with E-state index in [1.807, 2.05) is 18.2 Å². The lowest BCUT2D eigenvalue weighted by atomic mass is 9.89. The van der Waals surface area contributed by atoms with Gasteiger partial charge >= 0.3 is 0 Å². The number of fused-ring (bicyclic) bond motifs is 1. The molecule has 1 aliphatic carbocycles. The second kappa shape index (κ2) is 6.36. The number of anilines is 1. The van der Waals surface area contributed by atoms with Crippen LogP contribution >= 0.6 is 11.6 Å². The molecule has 1 aromatic carbocycles. The van der Waals surface area contributed by atoms with Gasteiger partial charge < -0.3 is 14.8 Å². The van der Waals surface area contributed by atoms with Gasteiger partial charge in [-0.3, -0.25) is 0 Å². The van der Waals surface area contributed by atoms with Gasteiger partial charge in [0.25, 0.3) is 0 Å². The molecule has 2 fully saturated rings. The van der Waals surface area contributed by atoms with Crippen LogP contribution in [0.25, 0.3) is 16.8 Å². The molecule has 2 aliphatic rings. The van der Waals surface area contributed by atoms with Crippen LogP contribution in [0, 0.1) is 0 Å². The summed E-state index contributed by atoms with van der Waals surface area (Å²) in [7, 11) is 0. The number of ether oxygens (including phenoxy) is 2. The first-order valence-corrected chi connectivity index (χ1v) is 8.83. The Morgan fingerprint density at radius 3 is 2.71 bits per heavy atom. The predicted molar refractivity (Wildman–Crippen MR) is 97.4 cm³/mol. The van der Waals surface area contributed by atoms with Crippen LogP contribution < -0.4 is 5.32 Å². The van der Waals surface area contributed by atoms with E-state index in [1.165, 1.54) is 0 Å². The maximum absolute atomic E-state index is 6.28. The van der Waals surface area contributed by atoms with E-state index in [0.717, 1.165) is 60.9 Å². The Morgan fingerprint density at radius 2 is 2.00 bits per heavy atom. The van der Waals surface area contributed by atoms with E-state index in [-0.39, 0.29) is 5.79 Å². The molecular weight excluding hydrogens is 324 g/mol. The van der Waals surface area contributed by atoms with Gasteiger partial charge in [-0.15, -0.1) is 0 Å². The zero-order valence-corrected chi connectivity index (χ0v) is 14.3. The summed E-state index contributed by atoms with van der Waals surface area (Å²) in [5.41, 5.74) is 2.08. The van der Waals surface area contributed by atoms with Crippen molar-refractivity contribution in [3.8, 4) is 0 Å². The minimum Gasteiger partial charge on any atom is -0.382 e. The van der Waals surface area contributed by atoms with E-state index < -0.39 is 0 Å². The molecule has 24 heavy (non-hydrogen) atoms. The summed E-state index contributed by atoms with van der Waals surface area (Å²) in [6.45, 7) is 5.34. The Labute approximate surface area is 146 Å². The van der Waals surface area contributed by atoms with E-state index in [9.17, 15) is 0 Å². The van der Waals surface area contributed by atoms with E-state index in [2.05, 4.69) is 22.9 Å². The van der Waals surface area contributed by atoms with Gasteiger partial charge in [0.1, 0.15) is 5.15 Å². The number of halogens is 1. The molecule has 1 saturated heterocycles. The van der Waals surface area contributed by atoms with Crippen molar-refractivity contribution in [1.82, 2.24) is 4.98 Å². The molecule has 0 bridgehead atoms. The minimum absolute atomic E-state index is 0.323. The highest BCUT2D eigenvalue weighted by atomic mass is 35.5. The summed E-state index contributed by atoms with van der Waals surface area (Å²) in [5, 5.41) is 6.25. The standard InChI is InChI=1S/C19H21ClN2O2/c1-2-13-12-21-18(20)15-4-3-5-16(17(13)15)22-14-6-8-19(9-7-14)23-10-11-24-19/h2-5,12,14,22H,1,6-11H2. The molecule has 4 nitrogen and oxygen atoms in total. The van der Waals surface area contributed by atoms with Crippen LogP contribution in [0.1, 0.15) is 31.2 Å². The predicted octanol–water partition coefficient (Wildman–Crippen LogP) is 4.63. The molecule has 2 heterocycles. The average Bonchev–Trinajstić information content (AvgIpc) is 3.06. The highest BCUT2D eigenvalue weighted by molar-refractivity contribution is 6.35. The van der Waals surface area contributed by atoms with E-state index in [4.69, 9.17) is 21.1 Å². The lowest BCUT2D eigenvalue weighted by molar-refractivity contribution is -0.177. The lowest BCUT2D eigenvalue weighted by Crippen LogP contribution is -2.39. The monoisotopic (exact) mass is 344 g/mol. The van der Waals surface area contributed by atoms with Crippen molar-refractivity contribution < 1.29 is 9.47 Å². The van der Waals surface area contributed by atoms with E-state index in [0.29, 0.717) is 11.2 Å². The minimum atomic E-state index is -0.323. The van der Waals surface area contributed by atoms with Crippen molar-refractivity contribution in [3.05, 3.63) is 41.7 Å². The molecule has 5 heteroatoms. The van der Waals surface area contributed by atoms with Crippen molar-refractivity contribution >= 4 is 34.1 Å². The Bertz CT molecular complexity index is 761. The quantitative estimate of drug-likeness (QED) is 0.824. The van der Waals surface area contributed by atoms with Crippen molar-refractivity contribution in [2.45, 2.75) is 37.5 Å². The molecule has 1 N–H and O–H groups in total. The van der Waals surface area contributed by atoms with Crippen molar-refractivity contribution in [1.29, 1.82) is 0 Å². The Kier molecular flexibility index (Phi) is 4.21. The molecule has 1 spiro atoms. The Hall–Kier alpha value is -1.62. The zero-order valence-electron chi connectivity index (χ0n) is 13.6. The fourth-order valence-electron chi connectivity index (χ4n) is 3.78. The van der Waals surface area contributed by atoms with Crippen molar-refractivity contribution in [2.75, 3.05) is 18.5 Å². The molecule has 1 aromatic heterocycles. The molecule has 0 unspecified atom stereocenters. The first-order valence-electron chi connectivity index (χ1n) is 8.45. The van der Waals surface area contributed by atoms with Gasteiger partial charge in [0.05, 0.1) is 13.2 Å². The normalized spacial score (nSPS) is 20.5. The van der Waals surface area contributed by atoms with Crippen molar-refractivity contribution in [2.24, 2.45) is 0 Å². The summed E-state index contributed by atoms with van der Waals surface area (Å²) < 4.78 is 11.6. The Morgan fingerprint density at radius 1 is 1.25 bits per heavy atom. The van der Waals surface area contributed by atoms with Gasteiger partial charge in [-0.1, -0.05) is 36.4 Å². The van der Waals surface area contributed by atoms with Crippen LogP contribution in [-0.4, -0.2) is 30.0 Å². The van der Waals surface area contributed by atoms with Gasteiger partial charge in [0.15, 0.2) is 5.79 Å². The molecule has 1 aliphatic heterocycles. The zero-order chi connectivity index (χ0) is 16.6. The number of pyridine rings is 1. The third-order valence-corrected chi connectivity index (χ3v) is 5.33. The topological polar surface area (TPSA) is 43.4 Å². The fourth-order valence-corrected chi connectivity index (χ4v) is 3.98. The number of aromatic nitrogens is 1. The highest BCUT2D eigenvalue weighted by Crippen LogP contribution is 2.38. The molecule has 0 amide bonds. The first-order chi connectivity index (χ1) is 11.7.